The minimum Gasteiger partial charge on any atom is -0.467 e. The molecule has 1 aliphatic heterocycles. The number of hydrogen-bond donors (Lipinski definition) is 3. The van der Waals surface area contributed by atoms with Gasteiger partial charge in [-0.1, -0.05) is 0 Å². The number of hydrazine groups is 1. The Balaban J connectivity index is 1.90. The van der Waals surface area contributed by atoms with E-state index in [0.29, 0.717) is 18.2 Å². The summed E-state index contributed by atoms with van der Waals surface area (Å²) in [6.07, 6.45) is 3.45. The number of furan rings is 1. The lowest BCUT2D eigenvalue weighted by atomic mass is 10.1. The number of piperidine rings is 1. The maximum atomic E-state index is 11.2. The van der Waals surface area contributed by atoms with Gasteiger partial charge in [0.15, 0.2) is 0 Å². The van der Waals surface area contributed by atoms with E-state index in [9.17, 15) is 4.79 Å². The third kappa shape index (κ3) is 3.06. The van der Waals surface area contributed by atoms with Gasteiger partial charge in [-0.25, -0.2) is 5.84 Å². The van der Waals surface area contributed by atoms with Gasteiger partial charge in [-0.05, 0) is 18.9 Å². The number of nitrogens with two attached hydrogens (primary N) is 2. The summed E-state index contributed by atoms with van der Waals surface area (Å²) in [6, 6.07) is 2.04. The van der Waals surface area contributed by atoms with Crippen molar-refractivity contribution in [2.24, 2.45) is 11.6 Å². The number of nitrogen functional groups attached to an aromatic ring is 1. The lowest BCUT2D eigenvalue weighted by molar-refractivity contribution is 0.0953. The molecule has 1 saturated heterocycles. The standard InChI is InChI=1S/C11H18N4O2/c12-9-1-3-15(4-2-9)6-10-5-8(7-17-10)11(16)14-13/h5,7,9H,1-4,6,12-13H2,(H,14,16). The molecule has 0 aromatic carbocycles. The molecule has 0 atom stereocenters. The molecule has 17 heavy (non-hydrogen) atoms. The predicted molar refractivity (Wildman–Crippen MR) is 62.8 cm³/mol. The topological polar surface area (TPSA) is 97.5 Å². The Morgan fingerprint density at radius 2 is 2.24 bits per heavy atom. The molecular formula is C11H18N4O2. The van der Waals surface area contributed by atoms with Crippen molar-refractivity contribution < 1.29 is 9.21 Å². The molecule has 0 unspecified atom stereocenters. The summed E-state index contributed by atoms with van der Waals surface area (Å²) in [5.74, 6) is 5.49. The van der Waals surface area contributed by atoms with Gasteiger partial charge in [0.1, 0.15) is 12.0 Å². The number of nitrogens with zero attached hydrogens (tertiary/aromatic N) is 1. The third-order valence-corrected chi connectivity index (χ3v) is 3.06. The molecule has 2 rings (SSSR count). The summed E-state index contributed by atoms with van der Waals surface area (Å²) in [6.45, 7) is 2.66. The number of rotatable bonds is 3. The highest BCUT2D eigenvalue weighted by Gasteiger charge is 2.17. The van der Waals surface area contributed by atoms with E-state index in [1.54, 1.807) is 6.07 Å². The van der Waals surface area contributed by atoms with Crippen molar-refractivity contribution in [1.29, 1.82) is 0 Å². The minimum atomic E-state index is -0.333. The summed E-state index contributed by atoms with van der Waals surface area (Å²) in [5, 5.41) is 0. The molecule has 94 valence electrons. The van der Waals surface area contributed by atoms with Crippen molar-refractivity contribution in [2.75, 3.05) is 13.1 Å². The maximum Gasteiger partial charge on any atom is 0.268 e. The molecule has 1 amide bonds. The number of amides is 1. The number of carbonyl (C=O) groups is 1. The first kappa shape index (κ1) is 12.1. The Hall–Kier alpha value is -1.37. The number of hydrogen-bond acceptors (Lipinski definition) is 5. The fourth-order valence-electron chi connectivity index (χ4n) is 2.00. The minimum absolute atomic E-state index is 0.321. The van der Waals surface area contributed by atoms with Crippen molar-refractivity contribution >= 4 is 5.91 Å². The van der Waals surface area contributed by atoms with E-state index in [0.717, 1.165) is 31.7 Å². The van der Waals surface area contributed by atoms with Gasteiger partial charge in [0, 0.05) is 19.1 Å². The van der Waals surface area contributed by atoms with Crippen LogP contribution < -0.4 is 17.0 Å². The van der Waals surface area contributed by atoms with Crippen molar-refractivity contribution in [3.63, 3.8) is 0 Å². The van der Waals surface area contributed by atoms with E-state index in [4.69, 9.17) is 16.0 Å². The second-order valence-corrected chi connectivity index (χ2v) is 4.39. The van der Waals surface area contributed by atoms with Gasteiger partial charge in [0.2, 0.25) is 0 Å². The summed E-state index contributed by atoms with van der Waals surface area (Å²) in [7, 11) is 0. The molecule has 1 aromatic rings. The fraction of sp³-hybridized carbons (Fsp3) is 0.545. The highest BCUT2D eigenvalue weighted by atomic mass is 16.3. The Bertz CT molecular complexity index is 383. The van der Waals surface area contributed by atoms with Gasteiger partial charge in [-0.15, -0.1) is 0 Å². The van der Waals surface area contributed by atoms with E-state index in [1.807, 2.05) is 0 Å². The molecule has 5 N–H and O–H groups in total. The fourth-order valence-corrected chi connectivity index (χ4v) is 2.00. The maximum absolute atomic E-state index is 11.2. The zero-order valence-corrected chi connectivity index (χ0v) is 9.69. The van der Waals surface area contributed by atoms with Gasteiger partial charge < -0.3 is 10.2 Å². The second kappa shape index (κ2) is 5.31. The van der Waals surface area contributed by atoms with Crippen molar-refractivity contribution in [3.05, 3.63) is 23.7 Å². The molecule has 0 spiro atoms. The van der Waals surface area contributed by atoms with Crippen LogP contribution in [0.15, 0.2) is 16.7 Å². The van der Waals surface area contributed by atoms with Crippen LogP contribution >= 0.6 is 0 Å². The van der Waals surface area contributed by atoms with Crippen LogP contribution in [-0.4, -0.2) is 29.9 Å². The molecule has 1 aliphatic rings. The number of nitrogens with one attached hydrogen (secondary N) is 1. The van der Waals surface area contributed by atoms with E-state index >= 15 is 0 Å². The summed E-state index contributed by atoms with van der Waals surface area (Å²) < 4.78 is 5.33. The largest absolute Gasteiger partial charge is 0.467 e. The normalized spacial score (nSPS) is 18.2. The Morgan fingerprint density at radius 1 is 1.53 bits per heavy atom. The van der Waals surface area contributed by atoms with Crippen molar-refractivity contribution in [2.45, 2.75) is 25.4 Å². The average molecular weight is 238 g/mol. The van der Waals surface area contributed by atoms with E-state index < -0.39 is 0 Å². The van der Waals surface area contributed by atoms with Crippen LogP contribution in [0, 0.1) is 0 Å². The van der Waals surface area contributed by atoms with Gasteiger partial charge in [-0.2, -0.15) is 0 Å². The summed E-state index contributed by atoms with van der Waals surface area (Å²) in [5.41, 5.74) is 8.37. The van der Waals surface area contributed by atoms with Crippen LogP contribution in [0.5, 0.6) is 0 Å². The van der Waals surface area contributed by atoms with Crippen molar-refractivity contribution in [1.82, 2.24) is 10.3 Å². The Labute approximate surface area is 99.9 Å². The van der Waals surface area contributed by atoms with Crippen LogP contribution in [0.3, 0.4) is 0 Å². The lowest BCUT2D eigenvalue weighted by Gasteiger charge is -2.29. The highest BCUT2D eigenvalue weighted by molar-refractivity contribution is 5.93. The zero-order valence-electron chi connectivity index (χ0n) is 9.69. The molecule has 0 aliphatic carbocycles. The van der Waals surface area contributed by atoms with E-state index in [1.165, 1.54) is 6.26 Å². The quantitative estimate of drug-likeness (QED) is 0.385. The van der Waals surface area contributed by atoms with Crippen LogP contribution in [0.2, 0.25) is 0 Å². The third-order valence-electron chi connectivity index (χ3n) is 3.06. The van der Waals surface area contributed by atoms with Gasteiger partial charge in [0.05, 0.1) is 12.1 Å². The first-order valence-electron chi connectivity index (χ1n) is 5.75. The SMILES string of the molecule is NNC(=O)c1coc(CN2CCC(N)CC2)c1. The van der Waals surface area contributed by atoms with Gasteiger partial charge >= 0.3 is 0 Å². The molecule has 6 heteroatoms. The Morgan fingerprint density at radius 3 is 2.88 bits per heavy atom. The molecule has 1 fully saturated rings. The average Bonchev–Trinajstić information content (AvgIpc) is 2.80. The van der Waals surface area contributed by atoms with Crippen LogP contribution in [0.1, 0.15) is 29.0 Å². The van der Waals surface area contributed by atoms with Crippen molar-refractivity contribution in [3.8, 4) is 0 Å². The molecule has 0 bridgehead atoms. The van der Waals surface area contributed by atoms with Crippen LogP contribution in [-0.2, 0) is 6.54 Å². The highest BCUT2D eigenvalue weighted by Crippen LogP contribution is 2.14. The number of likely N-dealkylation sites (tertiary alicyclic amines) is 1. The molecule has 6 nitrogen and oxygen atoms in total. The van der Waals surface area contributed by atoms with Crippen LogP contribution in [0.4, 0.5) is 0 Å². The summed E-state index contributed by atoms with van der Waals surface area (Å²) in [4.78, 5) is 13.5. The first-order chi connectivity index (χ1) is 8.19. The molecule has 1 aromatic heterocycles. The molecule has 2 heterocycles. The second-order valence-electron chi connectivity index (χ2n) is 4.39. The lowest BCUT2D eigenvalue weighted by Crippen LogP contribution is -2.39. The monoisotopic (exact) mass is 238 g/mol. The van der Waals surface area contributed by atoms with E-state index in [-0.39, 0.29) is 5.91 Å². The molecule has 0 radical (unpaired) electrons. The van der Waals surface area contributed by atoms with Crippen LogP contribution in [0.25, 0.3) is 0 Å². The smallest absolute Gasteiger partial charge is 0.268 e. The van der Waals surface area contributed by atoms with Gasteiger partial charge in [-0.3, -0.25) is 15.1 Å². The predicted octanol–water partition coefficient (Wildman–Crippen LogP) is -0.194. The first-order valence-corrected chi connectivity index (χ1v) is 5.75. The summed E-state index contributed by atoms with van der Waals surface area (Å²) >= 11 is 0. The molecule has 0 saturated carbocycles. The van der Waals surface area contributed by atoms with Gasteiger partial charge in [0.25, 0.3) is 5.91 Å². The zero-order chi connectivity index (χ0) is 12.3. The number of carbonyl (C=O) groups excluding carboxylic acids is 1. The van der Waals surface area contributed by atoms with E-state index in [2.05, 4.69) is 10.3 Å². The molecular weight excluding hydrogens is 220 g/mol. The Kier molecular flexibility index (Phi) is 3.78.